The van der Waals surface area contributed by atoms with Crippen LogP contribution in [-0.4, -0.2) is 12.8 Å². The molecule has 0 aliphatic heterocycles. The van der Waals surface area contributed by atoms with Crippen molar-refractivity contribution in [3.8, 4) is 0 Å². The molecule has 0 saturated carbocycles. The molecule has 0 amide bonds. The minimum absolute atomic E-state index is 0.152. The van der Waals surface area contributed by atoms with E-state index >= 15 is 0 Å². The highest BCUT2D eigenvalue weighted by atomic mass is 16.5. The monoisotopic (exact) mass is 319 g/mol. The van der Waals surface area contributed by atoms with E-state index in [4.69, 9.17) is 4.74 Å². The van der Waals surface area contributed by atoms with Crippen LogP contribution in [0, 0.1) is 6.92 Å². The van der Waals surface area contributed by atoms with Gasteiger partial charge < -0.3 is 10.1 Å². The number of benzene rings is 1. The first kappa shape index (κ1) is 20.0. The summed E-state index contributed by atoms with van der Waals surface area (Å²) in [6.45, 7) is 7.54. The van der Waals surface area contributed by atoms with Crippen molar-refractivity contribution in [3.05, 3.63) is 29.8 Å². The number of unbranched alkanes of at least 4 members (excludes halogenated alkanes) is 7. The molecular weight excluding hydrogens is 282 g/mol. The molecule has 1 rings (SSSR count). The third-order valence-corrected chi connectivity index (χ3v) is 4.35. The van der Waals surface area contributed by atoms with Crippen molar-refractivity contribution >= 4 is 5.69 Å². The van der Waals surface area contributed by atoms with Crippen LogP contribution in [0.15, 0.2) is 24.3 Å². The summed E-state index contributed by atoms with van der Waals surface area (Å²) < 4.78 is 6.14. The lowest BCUT2D eigenvalue weighted by molar-refractivity contribution is 0.0617. The molecule has 0 saturated heterocycles. The van der Waals surface area contributed by atoms with Crippen molar-refractivity contribution in [3.63, 3.8) is 0 Å². The summed E-state index contributed by atoms with van der Waals surface area (Å²) in [6.07, 6.45) is 12.9. The lowest BCUT2D eigenvalue weighted by atomic mass is 10.1. The van der Waals surface area contributed by atoms with Crippen LogP contribution in [0.1, 0.15) is 83.6 Å². The third-order valence-electron chi connectivity index (χ3n) is 4.35. The molecule has 132 valence electrons. The zero-order valence-electron chi connectivity index (χ0n) is 15.6. The Morgan fingerprint density at radius 2 is 1.52 bits per heavy atom. The van der Waals surface area contributed by atoms with Crippen molar-refractivity contribution < 1.29 is 4.74 Å². The molecule has 1 atom stereocenters. The molecule has 0 radical (unpaired) electrons. The number of aryl methyl sites for hydroxylation is 1. The van der Waals surface area contributed by atoms with Gasteiger partial charge >= 0.3 is 0 Å². The molecule has 0 fully saturated rings. The van der Waals surface area contributed by atoms with Gasteiger partial charge in [-0.3, -0.25) is 0 Å². The second-order valence-corrected chi connectivity index (χ2v) is 6.58. The molecule has 2 nitrogen and oxygen atoms in total. The van der Waals surface area contributed by atoms with Gasteiger partial charge in [0.25, 0.3) is 0 Å². The zero-order valence-corrected chi connectivity index (χ0v) is 15.6. The van der Waals surface area contributed by atoms with Crippen LogP contribution in [0.4, 0.5) is 5.69 Å². The Morgan fingerprint density at radius 3 is 2.22 bits per heavy atom. The van der Waals surface area contributed by atoms with Gasteiger partial charge in [0.15, 0.2) is 0 Å². The minimum Gasteiger partial charge on any atom is -0.360 e. The quantitative estimate of drug-likeness (QED) is 0.304. The molecule has 1 unspecified atom stereocenters. The van der Waals surface area contributed by atoms with Gasteiger partial charge in [-0.25, -0.2) is 0 Å². The van der Waals surface area contributed by atoms with Crippen molar-refractivity contribution in [1.82, 2.24) is 0 Å². The largest absolute Gasteiger partial charge is 0.360 e. The van der Waals surface area contributed by atoms with Crippen LogP contribution in [0.3, 0.4) is 0 Å². The van der Waals surface area contributed by atoms with Gasteiger partial charge in [0.1, 0.15) is 6.23 Å². The standard InChI is InChI=1S/C21H37NO/c1-4-6-8-10-11-17-21(23-18-14-9-7-5-2)22-20-16-13-12-15-19(20)3/h12-13,15-16,21-22H,4-11,14,17-18H2,1-3H3. The van der Waals surface area contributed by atoms with Crippen LogP contribution < -0.4 is 5.32 Å². The number of hydrogen-bond donors (Lipinski definition) is 1. The zero-order chi connectivity index (χ0) is 16.8. The van der Waals surface area contributed by atoms with Crippen LogP contribution in [0.25, 0.3) is 0 Å². The second-order valence-electron chi connectivity index (χ2n) is 6.58. The van der Waals surface area contributed by atoms with E-state index in [0.29, 0.717) is 0 Å². The van der Waals surface area contributed by atoms with Crippen LogP contribution in [0.5, 0.6) is 0 Å². The fourth-order valence-corrected chi connectivity index (χ4v) is 2.79. The summed E-state index contributed by atoms with van der Waals surface area (Å²) >= 11 is 0. The first-order valence-electron chi connectivity index (χ1n) is 9.71. The molecule has 1 aromatic carbocycles. The van der Waals surface area contributed by atoms with Crippen molar-refractivity contribution in [2.24, 2.45) is 0 Å². The maximum absolute atomic E-state index is 6.14. The summed E-state index contributed by atoms with van der Waals surface area (Å²) in [7, 11) is 0. The number of anilines is 1. The molecule has 1 aromatic rings. The molecular formula is C21H37NO. The van der Waals surface area contributed by atoms with E-state index in [1.807, 2.05) is 0 Å². The fraction of sp³-hybridized carbons (Fsp3) is 0.714. The van der Waals surface area contributed by atoms with Crippen LogP contribution in [-0.2, 0) is 4.74 Å². The molecule has 0 bridgehead atoms. The molecule has 23 heavy (non-hydrogen) atoms. The van der Waals surface area contributed by atoms with Gasteiger partial charge in [-0.15, -0.1) is 0 Å². The number of hydrogen-bond acceptors (Lipinski definition) is 2. The molecule has 1 N–H and O–H groups in total. The first-order valence-corrected chi connectivity index (χ1v) is 9.71. The Kier molecular flexibility index (Phi) is 11.7. The topological polar surface area (TPSA) is 21.3 Å². The van der Waals surface area contributed by atoms with E-state index in [1.54, 1.807) is 0 Å². The van der Waals surface area contributed by atoms with Crippen LogP contribution in [0.2, 0.25) is 0 Å². The molecule has 0 spiro atoms. The van der Waals surface area contributed by atoms with Gasteiger partial charge in [0.2, 0.25) is 0 Å². The Bertz CT molecular complexity index is 377. The van der Waals surface area contributed by atoms with Gasteiger partial charge in [-0.2, -0.15) is 0 Å². The highest BCUT2D eigenvalue weighted by Gasteiger charge is 2.10. The number of ether oxygens (including phenoxy) is 1. The lowest BCUT2D eigenvalue weighted by Crippen LogP contribution is -2.24. The maximum atomic E-state index is 6.14. The summed E-state index contributed by atoms with van der Waals surface area (Å²) in [5.41, 5.74) is 2.50. The van der Waals surface area contributed by atoms with E-state index < -0.39 is 0 Å². The SMILES string of the molecule is CCCCCCCC(Nc1ccccc1C)OCCCCCC. The Morgan fingerprint density at radius 1 is 0.870 bits per heavy atom. The average Bonchev–Trinajstić information content (AvgIpc) is 2.56. The first-order chi connectivity index (χ1) is 11.3. The Balaban J connectivity index is 2.39. The van der Waals surface area contributed by atoms with E-state index in [0.717, 1.165) is 13.0 Å². The van der Waals surface area contributed by atoms with Crippen LogP contribution >= 0.6 is 0 Å². The summed E-state index contributed by atoms with van der Waals surface area (Å²) in [5, 5.41) is 3.61. The minimum atomic E-state index is 0.152. The number of rotatable bonds is 14. The fourth-order valence-electron chi connectivity index (χ4n) is 2.79. The smallest absolute Gasteiger partial charge is 0.127 e. The highest BCUT2D eigenvalue weighted by Crippen LogP contribution is 2.18. The summed E-state index contributed by atoms with van der Waals surface area (Å²) in [4.78, 5) is 0. The average molecular weight is 320 g/mol. The normalized spacial score (nSPS) is 12.3. The van der Waals surface area contributed by atoms with Gasteiger partial charge in [0.05, 0.1) is 0 Å². The summed E-state index contributed by atoms with van der Waals surface area (Å²) in [6, 6.07) is 8.49. The second kappa shape index (κ2) is 13.4. The van der Waals surface area contributed by atoms with E-state index in [1.165, 1.54) is 69.0 Å². The predicted octanol–water partition coefficient (Wildman–Crippen LogP) is 6.69. The molecule has 0 aliphatic rings. The Labute approximate surface area is 144 Å². The predicted molar refractivity (Wildman–Crippen MR) is 102 cm³/mol. The lowest BCUT2D eigenvalue weighted by Gasteiger charge is -2.22. The molecule has 0 aliphatic carbocycles. The van der Waals surface area contributed by atoms with Crippen molar-refractivity contribution in [2.75, 3.05) is 11.9 Å². The number of nitrogens with one attached hydrogen (secondary N) is 1. The molecule has 0 heterocycles. The van der Waals surface area contributed by atoms with E-state index in [9.17, 15) is 0 Å². The van der Waals surface area contributed by atoms with E-state index in [2.05, 4.69) is 50.4 Å². The van der Waals surface area contributed by atoms with Crippen molar-refractivity contribution in [2.45, 2.75) is 91.2 Å². The summed E-state index contributed by atoms with van der Waals surface area (Å²) in [5.74, 6) is 0. The highest BCUT2D eigenvalue weighted by molar-refractivity contribution is 5.50. The molecule has 0 aromatic heterocycles. The van der Waals surface area contributed by atoms with Crippen molar-refractivity contribution in [1.29, 1.82) is 0 Å². The van der Waals surface area contributed by atoms with Gasteiger partial charge in [-0.1, -0.05) is 77.0 Å². The maximum Gasteiger partial charge on any atom is 0.127 e. The molecule has 2 heteroatoms. The third kappa shape index (κ3) is 9.65. The number of para-hydroxylation sites is 1. The Hall–Kier alpha value is -1.02. The van der Waals surface area contributed by atoms with Gasteiger partial charge in [-0.05, 0) is 37.8 Å². The van der Waals surface area contributed by atoms with E-state index in [-0.39, 0.29) is 6.23 Å². The van der Waals surface area contributed by atoms with Gasteiger partial charge in [0, 0.05) is 12.3 Å².